The van der Waals surface area contributed by atoms with Crippen LogP contribution in [0.25, 0.3) is 5.52 Å². The highest BCUT2D eigenvalue weighted by molar-refractivity contribution is 5.95. The van der Waals surface area contributed by atoms with Crippen molar-refractivity contribution in [1.29, 1.82) is 0 Å². The van der Waals surface area contributed by atoms with Gasteiger partial charge in [0, 0.05) is 24.0 Å². The Bertz CT molecular complexity index is 478. The summed E-state index contributed by atoms with van der Waals surface area (Å²) in [4.78, 5) is 11.7. The van der Waals surface area contributed by atoms with Crippen molar-refractivity contribution in [3.63, 3.8) is 0 Å². The number of rotatable bonds is 2. The normalized spacial score (nSPS) is 15.5. The Balaban J connectivity index is 1.92. The lowest BCUT2D eigenvalue weighted by molar-refractivity contribution is 0.0951. The van der Waals surface area contributed by atoms with Gasteiger partial charge in [0.15, 0.2) is 0 Å². The van der Waals surface area contributed by atoms with Gasteiger partial charge in [-0.15, -0.1) is 0 Å². The third kappa shape index (κ3) is 1.61. The lowest BCUT2D eigenvalue weighted by Gasteiger charge is -1.98. The summed E-state index contributed by atoms with van der Waals surface area (Å²) in [6.07, 6.45) is 6.06. The minimum Gasteiger partial charge on any atom is -0.349 e. The van der Waals surface area contributed by atoms with E-state index in [9.17, 15) is 4.79 Å². The summed E-state index contributed by atoms with van der Waals surface area (Å²) in [6, 6.07) is 8.25. The molecule has 1 aliphatic rings. The van der Waals surface area contributed by atoms with Crippen molar-refractivity contribution in [1.82, 2.24) is 9.72 Å². The van der Waals surface area contributed by atoms with E-state index >= 15 is 0 Å². The number of hydrogen-bond acceptors (Lipinski definition) is 1. The largest absolute Gasteiger partial charge is 0.349 e. The molecule has 0 spiro atoms. The first-order chi connectivity index (χ1) is 7.33. The molecule has 0 aromatic carbocycles. The van der Waals surface area contributed by atoms with Gasteiger partial charge in [-0.2, -0.15) is 0 Å². The second-order valence-corrected chi connectivity index (χ2v) is 4.01. The smallest absolute Gasteiger partial charge is 0.253 e. The number of carbonyl (C=O) groups is 1. The number of amides is 1. The van der Waals surface area contributed by atoms with E-state index in [4.69, 9.17) is 0 Å². The molecule has 0 bridgehead atoms. The van der Waals surface area contributed by atoms with Crippen LogP contribution in [-0.2, 0) is 0 Å². The molecule has 1 amide bonds. The lowest BCUT2D eigenvalue weighted by atomic mass is 10.3. The molecule has 0 radical (unpaired) electrons. The lowest BCUT2D eigenvalue weighted by Crippen LogP contribution is -2.24. The van der Waals surface area contributed by atoms with Gasteiger partial charge in [0.2, 0.25) is 0 Å². The van der Waals surface area contributed by atoms with E-state index in [0.29, 0.717) is 6.04 Å². The fraction of sp³-hybridized carbons (Fsp3) is 0.250. The second-order valence-electron chi connectivity index (χ2n) is 4.01. The maximum Gasteiger partial charge on any atom is 0.253 e. The maximum atomic E-state index is 11.7. The van der Waals surface area contributed by atoms with Gasteiger partial charge in [0.05, 0.1) is 5.56 Å². The molecule has 2 heterocycles. The summed E-state index contributed by atoms with van der Waals surface area (Å²) in [6.45, 7) is 0. The zero-order chi connectivity index (χ0) is 10.3. The molecule has 1 fully saturated rings. The van der Waals surface area contributed by atoms with Crippen LogP contribution in [0.1, 0.15) is 23.2 Å². The summed E-state index contributed by atoms with van der Waals surface area (Å²) in [5.41, 5.74) is 1.80. The molecule has 1 saturated carbocycles. The van der Waals surface area contributed by atoms with Gasteiger partial charge in [-0.05, 0) is 31.0 Å². The zero-order valence-corrected chi connectivity index (χ0v) is 8.31. The van der Waals surface area contributed by atoms with Crippen molar-refractivity contribution in [3.05, 3.63) is 42.2 Å². The summed E-state index contributed by atoms with van der Waals surface area (Å²) in [5, 5.41) is 2.98. The monoisotopic (exact) mass is 200 g/mol. The van der Waals surface area contributed by atoms with Gasteiger partial charge in [-0.25, -0.2) is 0 Å². The molecule has 3 nitrogen and oxygen atoms in total. The fourth-order valence-electron chi connectivity index (χ4n) is 1.68. The van der Waals surface area contributed by atoms with E-state index in [-0.39, 0.29) is 5.91 Å². The highest BCUT2D eigenvalue weighted by Crippen LogP contribution is 2.19. The van der Waals surface area contributed by atoms with Crippen LogP contribution in [0.15, 0.2) is 36.7 Å². The second kappa shape index (κ2) is 3.12. The van der Waals surface area contributed by atoms with Gasteiger partial charge < -0.3 is 9.72 Å². The first-order valence-corrected chi connectivity index (χ1v) is 5.20. The highest BCUT2D eigenvalue weighted by Gasteiger charge is 2.24. The number of pyridine rings is 1. The molecule has 0 aliphatic heterocycles. The van der Waals surface area contributed by atoms with Crippen molar-refractivity contribution < 1.29 is 4.79 Å². The molecule has 15 heavy (non-hydrogen) atoms. The number of carbonyl (C=O) groups excluding carboxylic acids is 1. The average molecular weight is 200 g/mol. The molecule has 0 atom stereocenters. The van der Waals surface area contributed by atoms with Crippen molar-refractivity contribution in [2.45, 2.75) is 18.9 Å². The first kappa shape index (κ1) is 8.53. The van der Waals surface area contributed by atoms with E-state index < -0.39 is 0 Å². The van der Waals surface area contributed by atoms with Crippen LogP contribution in [0.2, 0.25) is 0 Å². The third-order valence-electron chi connectivity index (χ3n) is 2.68. The van der Waals surface area contributed by atoms with Crippen LogP contribution >= 0.6 is 0 Å². The number of nitrogens with one attached hydrogen (secondary N) is 1. The Labute approximate surface area is 87.7 Å². The number of nitrogens with zero attached hydrogens (tertiary/aromatic N) is 1. The summed E-state index contributed by atoms with van der Waals surface area (Å²) in [5.74, 6) is 0.0428. The Kier molecular flexibility index (Phi) is 1.78. The number of aromatic nitrogens is 1. The van der Waals surface area contributed by atoms with Crippen molar-refractivity contribution >= 4 is 11.4 Å². The van der Waals surface area contributed by atoms with E-state index in [0.717, 1.165) is 23.9 Å². The fourth-order valence-corrected chi connectivity index (χ4v) is 1.68. The van der Waals surface area contributed by atoms with Crippen molar-refractivity contribution in [2.24, 2.45) is 0 Å². The number of hydrogen-bond donors (Lipinski definition) is 1. The molecule has 3 rings (SSSR count). The SMILES string of the molecule is O=C(NC1CC1)c1cc2ccccn2c1. The summed E-state index contributed by atoms with van der Waals surface area (Å²) >= 11 is 0. The topological polar surface area (TPSA) is 33.5 Å². The van der Waals surface area contributed by atoms with E-state index in [1.807, 2.05) is 41.1 Å². The van der Waals surface area contributed by atoms with Gasteiger partial charge in [-0.1, -0.05) is 6.07 Å². The molecule has 1 N–H and O–H groups in total. The molecule has 2 aromatic rings. The summed E-state index contributed by atoms with van der Waals surface area (Å²) < 4.78 is 1.96. The average Bonchev–Trinajstić information content (AvgIpc) is 2.95. The summed E-state index contributed by atoms with van der Waals surface area (Å²) in [7, 11) is 0. The molecular formula is C12H12N2O. The van der Waals surface area contributed by atoms with Gasteiger partial charge in [0.25, 0.3) is 5.91 Å². The van der Waals surface area contributed by atoms with Crippen LogP contribution in [0, 0.1) is 0 Å². The Hall–Kier alpha value is -1.77. The molecular weight excluding hydrogens is 188 g/mol. The number of fused-ring (bicyclic) bond motifs is 1. The van der Waals surface area contributed by atoms with Gasteiger partial charge in [-0.3, -0.25) is 4.79 Å². The Morgan fingerprint density at radius 3 is 3.00 bits per heavy atom. The van der Waals surface area contributed by atoms with E-state index in [1.165, 1.54) is 0 Å². The Morgan fingerprint density at radius 1 is 1.40 bits per heavy atom. The van der Waals surface area contributed by atoms with Crippen LogP contribution in [0.5, 0.6) is 0 Å². The predicted octanol–water partition coefficient (Wildman–Crippen LogP) is 1.83. The minimum atomic E-state index is 0.0428. The predicted molar refractivity (Wildman–Crippen MR) is 57.9 cm³/mol. The van der Waals surface area contributed by atoms with E-state index in [2.05, 4.69) is 5.32 Å². The standard InChI is InChI=1S/C12H12N2O/c15-12(13-10-4-5-10)9-7-11-3-1-2-6-14(11)8-9/h1-3,6-8,10H,4-5H2,(H,13,15). The molecule has 0 unspecified atom stereocenters. The van der Waals surface area contributed by atoms with E-state index in [1.54, 1.807) is 0 Å². The minimum absolute atomic E-state index is 0.0428. The van der Waals surface area contributed by atoms with Gasteiger partial charge in [0.1, 0.15) is 0 Å². The molecule has 3 heteroatoms. The van der Waals surface area contributed by atoms with Crippen LogP contribution in [-0.4, -0.2) is 16.3 Å². The zero-order valence-electron chi connectivity index (χ0n) is 8.31. The third-order valence-corrected chi connectivity index (χ3v) is 2.68. The van der Waals surface area contributed by atoms with Gasteiger partial charge >= 0.3 is 0 Å². The molecule has 2 aromatic heterocycles. The van der Waals surface area contributed by atoms with Crippen LogP contribution in [0.3, 0.4) is 0 Å². The van der Waals surface area contributed by atoms with Crippen LogP contribution in [0.4, 0.5) is 0 Å². The molecule has 1 aliphatic carbocycles. The maximum absolute atomic E-state index is 11.7. The molecule has 76 valence electrons. The molecule has 0 saturated heterocycles. The quantitative estimate of drug-likeness (QED) is 0.788. The van der Waals surface area contributed by atoms with Crippen molar-refractivity contribution in [2.75, 3.05) is 0 Å². The first-order valence-electron chi connectivity index (χ1n) is 5.20. The highest BCUT2D eigenvalue weighted by atomic mass is 16.1. The Morgan fingerprint density at radius 2 is 2.27 bits per heavy atom. The van der Waals surface area contributed by atoms with Crippen molar-refractivity contribution in [3.8, 4) is 0 Å². The van der Waals surface area contributed by atoms with Crippen LogP contribution < -0.4 is 5.32 Å².